The summed E-state index contributed by atoms with van der Waals surface area (Å²) in [6.45, 7) is 2.13. The number of hydrogen-bond acceptors (Lipinski definition) is 9. The van der Waals surface area contributed by atoms with E-state index >= 15 is 0 Å². The molecule has 5 rings (SSSR count). The zero-order valence-corrected chi connectivity index (χ0v) is 27.7. The second-order valence-electron chi connectivity index (χ2n) is 11.1. The van der Waals surface area contributed by atoms with Crippen LogP contribution in [-0.2, 0) is 41.9 Å². The van der Waals surface area contributed by atoms with Crippen LogP contribution in [-0.4, -0.2) is 58.8 Å². The van der Waals surface area contributed by atoms with Gasteiger partial charge in [0.05, 0.1) is 20.8 Å². The number of nitrogens with zero attached hydrogens (tertiary/aromatic N) is 3. The van der Waals surface area contributed by atoms with Crippen molar-refractivity contribution in [3.8, 4) is 0 Å². The highest BCUT2D eigenvalue weighted by atomic mass is 32.1. The van der Waals surface area contributed by atoms with Gasteiger partial charge in [0.15, 0.2) is 0 Å². The molecule has 47 heavy (non-hydrogen) atoms. The van der Waals surface area contributed by atoms with Gasteiger partial charge in [0, 0.05) is 44.1 Å². The van der Waals surface area contributed by atoms with Gasteiger partial charge in [-0.25, -0.2) is 9.59 Å². The van der Waals surface area contributed by atoms with Gasteiger partial charge < -0.3 is 20.1 Å². The van der Waals surface area contributed by atoms with E-state index in [4.69, 9.17) is 9.47 Å². The van der Waals surface area contributed by atoms with Crippen LogP contribution in [0.5, 0.6) is 0 Å². The minimum Gasteiger partial charge on any atom is -0.444 e. The first-order chi connectivity index (χ1) is 23.1. The smallest absolute Gasteiger partial charge is 0.407 e. The van der Waals surface area contributed by atoms with Crippen LogP contribution >= 0.6 is 22.7 Å². The normalized spacial score (nSPS) is 12.3. The van der Waals surface area contributed by atoms with Gasteiger partial charge in [-0.1, -0.05) is 91.0 Å². The van der Waals surface area contributed by atoms with E-state index < -0.39 is 12.2 Å². The number of carbonyl (C=O) groups is 2. The van der Waals surface area contributed by atoms with Crippen LogP contribution in [0.15, 0.2) is 114 Å². The first-order valence-electron chi connectivity index (χ1n) is 15.5. The van der Waals surface area contributed by atoms with Crippen molar-refractivity contribution >= 4 is 34.9 Å². The summed E-state index contributed by atoms with van der Waals surface area (Å²) < 4.78 is 11.1. The van der Waals surface area contributed by atoms with Gasteiger partial charge in [-0.3, -0.25) is 14.9 Å². The monoisotopic (exact) mass is 669 g/mol. The SMILES string of the molecule is O=C(N[C@H](Cc1ccccc1)CN(CCc1ccccc1)C[C@@H](Cc1ccccc1)NC(=O)OCc1cncs1)OCc1cncs1. The molecule has 0 spiro atoms. The molecule has 11 heteroatoms. The molecule has 0 bridgehead atoms. The zero-order valence-electron chi connectivity index (χ0n) is 26.1. The number of thiazole rings is 2. The molecule has 2 N–H and O–H groups in total. The molecule has 2 heterocycles. The summed E-state index contributed by atoms with van der Waals surface area (Å²) in [5, 5.41) is 6.24. The Balaban J connectivity index is 1.32. The maximum Gasteiger partial charge on any atom is 0.407 e. The second kappa shape index (κ2) is 18.5. The number of benzene rings is 3. The Morgan fingerprint density at radius 2 is 1.06 bits per heavy atom. The van der Waals surface area contributed by atoms with E-state index in [1.807, 2.05) is 54.6 Å². The maximum atomic E-state index is 13.0. The second-order valence-corrected chi connectivity index (χ2v) is 13.1. The van der Waals surface area contributed by atoms with Crippen LogP contribution in [0.1, 0.15) is 26.4 Å². The highest BCUT2D eigenvalue weighted by molar-refractivity contribution is 7.09. The number of nitrogens with one attached hydrogen (secondary N) is 2. The van der Waals surface area contributed by atoms with Crippen molar-refractivity contribution in [3.63, 3.8) is 0 Å². The Morgan fingerprint density at radius 1 is 0.638 bits per heavy atom. The van der Waals surface area contributed by atoms with Gasteiger partial charge in [0.25, 0.3) is 0 Å². The molecule has 0 aliphatic carbocycles. The number of alkyl carbamates (subject to hydrolysis) is 2. The summed E-state index contributed by atoms with van der Waals surface area (Å²) >= 11 is 2.89. The summed E-state index contributed by atoms with van der Waals surface area (Å²) in [6, 6.07) is 30.0. The molecule has 0 aliphatic rings. The van der Waals surface area contributed by atoms with Gasteiger partial charge in [-0.15, -0.1) is 22.7 Å². The summed E-state index contributed by atoms with van der Waals surface area (Å²) in [7, 11) is 0. The molecule has 0 fully saturated rings. The molecule has 0 aliphatic heterocycles. The minimum absolute atomic E-state index is 0.166. The lowest BCUT2D eigenvalue weighted by atomic mass is 10.0. The van der Waals surface area contributed by atoms with Crippen molar-refractivity contribution < 1.29 is 19.1 Å². The van der Waals surface area contributed by atoms with E-state index in [0.29, 0.717) is 25.9 Å². The third-order valence-corrected chi connectivity index (χ3v) is 8.97. The Morgan fingerprint density at radius 3 is 1.47 bits per heavy atom. The largest absolute Gasteiger partial charge is 0.444 e. The van der Waals surface area contributed by atoms with Crippen molar-refractivity contribution in [2.45, 2.75) is 44.6 Å². The lowest BCUT2D eigenvalue weighted by Crippen LogP contribution is -2.51. The van der Waals surface area contributed by atoms with E-state index in [1.54, 1.807) is 23.4 Å². The molecular formula is C36H39N5O4S2. The molecule has 0 radical (unpaired) electrons. The Kier molecular flexibility index (Phi) is 13.3. The van der Waals surface area contributed by atoms with Crippen LogP contribution in [0.3, 0.4) is 0 Å². The van der Waals surface area contributed by atoms with E-state index in [-0.39, 0.29) is 25.3 Å². The quantitative estimate of drug-likeness (QED) is 0.116. The van der Waals surface area contributed by atoms with E-state index in [0.717, 1.165) is 33.8 Å². The first-order valence-corrected chi connectivity index (χ1v) is 17.3. The molecule has 0 saturated heterocycles. The fourth-order valence-electron chi connectivity index (χ4n) is 5.25. The summed E-state index contributed by atoms with van der Waals surface area (Å²) in [5.41, 5.74) is 6.86. The molecule has 9 nitrogen and oxygen atoms in total. The van der Waals surface area contributed by atoms with Crippen molar-refractivity contribution in [1.29, 1.82) is 0 Å². The molecule has 2 atom stereocenters. The van der Waals surface area contributed by atoms with E-state index in [2.05, 4.69) is 61.9 Å². The summed E-state index contributed by atoms with van der Waals surface area (Å²) in [6.07, 6.45) is 4.49. The predicted octanol–water partition coefficient (Wildman–Crippen LogP) is 6.52. The van der Waals surface area contributed by atoms with Crippen LogP contribution in [0.2, 0.25) is 0 Å². The van der Waals surface area contributed by atoms with Gasteiger partial charge in [0.2, 0.25) is 0 Å². The van der Waals surface area contributed by atoms with Crippen LogP contribution in [0.4, 0.5) is 9.59 Å². The third-order valence-electron chi connectivity index (χ3n) is 7.47. The number of aromatic nitrogens is 2. The molecule has 0 unspecified atom stereocenters. The van der Waals surface area contributed by atoms with Crippen molar-refractivity contribution in [1.82, 2.24) is 25.5 Å². The topological polar surface area (TPSA) is 106 Å². The number of amides is 2. The number of carbonyl (C=O) groups excluding carboxylic acids is 2. The minimum atomic E-state index is -0.479. The summed E-state index contributed by atoms with van der Waals surface area (Å²) in [4.78, 5) is 38.3. The molecule has 2 aromatic heterocycles. The number of rotatable bonds is 17. The fourth-order valence-corrected chi connectivity index (χ4v) is 6.26. The predicted molar refractivity (Wildman–Crippen MR) is 185 cm³/mol. The highest BCUT2D eigenvalue weighted by Crippen LogP contribution is 2.13. The molecule has 3 aromatic carbocycles. The molecule has 244 valence electrons. The Labute approximate surface area is 283 Å². The lowest BCUT2D eigenvalue weighted by molar-refractivity contribution is 0.127. The Bertz CT molecular complexity index is 1490. The number of hydrogen-bond donors (Lipinski definition) is 2. The van der Waals surface area contributed by atoms with E-state index in [9.17, 15) is 9.59 Å². The average Bonchev–Trinajstić information content (AvgIpc) is 3.82. The Hall–Kier alpha value is -4.58. The molecule has 5 aromatic rings. The molecule has 2 amide bonds. The molecule has 0 saturated carbocycles. The van der Waals surface area contributed by atoms with Gasteiger partial charge in [-0.2, -0.15) is 0 Å². The van der Waals surface area contributed by atoms with Gasteiger partial charge in [0.1, 0.15) is 13.2 Å². The van der Waals surface area contributed by atoms with Crippen molar-refractivity contribution in [3.05, 3.63) is 141 Å². The van der Waals surface area contributed by atoms with Gasteiger partial charge >= 0.3 is 12.2 Å². The highest BCUT2D eigenvalue weighted by Gasteiger charge is 2.23. The van der Waals surface area contributed by atoms with Crippen molar-refractivity contribution in [2.75, 3.05) is 19.6 Å². The van der Waals surface area contributed by atoms with Crippen LogP contribution in [0.25, 0.3) is 0 Å². The third kappa shape index (κ3) is 12.3. The summed E-state index contributed by atoms with van der Waals surface area (Å²) in [5.74, 6) is 0. The zero-order chi connectivity index (χ0) is 32.5. The molecular weight excluding hydrogens is 631 g/mol. The lowest BCUT2D eigenvalue weighted by Gasteiger charge is -2.31. The van der Waals surface area contributed by atoms with Crippen LogP contribution in [0, 0.1) is 0 Å². The van der Waals surface area contributed by atoms with Crippen LogP contribution < -0.4 is 10.6 Å². The van der Waals surface area contributed by atoms with Gasteiger partial charge in [-0.05, 0) is 36.0 Å². The fraction of sp³-hybridized carbons (Fsp3) is 0.278. The van der Waals surface area contributed by atoms with E-state index in [1.165, 1.54) is 28.2 Å². The maximum absolute atomic E-state index is 13.0. The van der Waals surface area contributed by atoms with Crippen molar-refractivity contribution in [2.24, 2.45) is 0 Å². The standard InChI is InChI=1S/C36H39N5O4S2/c42-35(44-24-33-20-37-26-46-33)39-31(18-29-12-6-2-7-13-29)22-41(17-16-28-10-4-1-5-11-28)23-32(19-30-14-8-3-9-15-30)40-36(43)45-25-34-21-38-27-47-34/h1-15,20-21,26-27,31-32H,16-19,22-25H2,(H,39,42)(H,40,43)/t31-,32-/m1/s1. The average molecular weight is 670 g/mol. The first kappa shape index (κ1) is 33.8. The number of ether oxygens (including phenoxy) is 2.